The first kappa shape index (κ1) is 13.6. The summed E-state index contributed by atoms with van der Waals surface area (Å²) in [6, 6.07) is 15.0. The van der Waals surface area contributed by atoms with Crippen molar-refractivity contribution in [3.05, 3.63) is 75.4 Å². The predicted octanol–water partition coefficient (Wildman–Crippen LogP) is 4.73. The normalized spacial score (nSPS) is 12.6. The Hall–Kier alpha value is -1.42. The standard InChI is InChI=1S/C16H11BrClNO/c17-14-5-4-12(18)9-13(14)16(20)11-3-6-15-10(8-11)2-1-7-19-15/h1-9,16,20H. The number of aromatic nitrogens is 1. The number of halogens is 2. The molecule has 0 radical (unpaired) electrons. The van der Waals surface area contributed by atoms with Crippen LogP contribution < -0.4 is 0 Å². The number of hydrogen-bond donors (Lipinski definition) is 1. The van der Waals surface area contributed by atoms with Crippen LogP contribution in [-0.4, -0.2) is 10.1 Å². The molecule has 1 unspecified atom stereocenters. The van der Waals surface area contributed by atoms with E-state index in [1.807, 2.05) is 36.4 Å². The molecule has 2 aromatic carbocycles. The Balaban J connectivity index is 2.07. The molecule has 3 rings (SSSR count). The highest BCUT2D eigenvalue weighted by atomic mass is 79.9. The molecule has 2 nitrogen and oxygen atoms in total. The molecule has 20 heavy (non-hydrogen) atoms. The molecule has 0 aliphatic carbocycles. The van der Waals surface area contributed by atoms with E-state index >= 15 is 0 Å². The third-order valence-electron chi connectivity index (χ3n) is 3.20. The molecule has 0 spiro atoms. The van der Waals surface area contributed by atoms with Crippen molar-refractivity contribution in [2.24, 2.45) is 0 Å². The van der Waals surface area contributed by atoms with Gasteiger partial charge in [-0.2, -0.15) is 0 Å². The molecule has 1 aromatic heterocycles. The Morgan fingerprint density at radius 2 is 1.95 bits per heavy atom. The van der Waals surface area contributed by atoms with Crippen molar-refractivity contribution in [3.63, 3.8) is 0 Å². The van der Waals surface area contributed by atoms with Crippen molar-refractivity contribution in [1.29, 1.82) is 0 Å². The van der Waals surface area contributed by atoms with Crippen LogP contribution in [0.4, 0.5) is 0 Å². The van der Waals surface area contributed by atoms with Crippen LogP contribution >= 0.6 is 27.5 Å². The summed E-state index contributed by atoms with van der Waals surface area (Å²) < 4.78 is 0.834. The molecule has 4 heteroatoms. The Labute approximate surface area is 130 Å². The number of fused-ring (bicyclic) bond motifs is 1. The first-order valence-corrected chi connectivity index (χ1v) is 7.30. The summed E-state index contributed by atoms with van der Waals surface area (Å²) in [4.78, 5) is 4.27. The van der Waals surface area contributed by atoms with Gasteiger partial charge in [0.25, 0.3) is 0 Å². The maximum Gasteiger partial charge on any atom is 0.105 e. The van der Waals surface area contributed by atoms with Gasteiger partial charge in [0, 0.05) is 26.6 Å². The molecule has 0 aliphatic heterocycles. The van der Waals surface area contributed by atoms with E-state index in [1.54, 1.807) is 18.3 Å². The lowest BCUT2D eigenvalue weighted by atomic mass is 10.00. The minimum Gasteiger partial charge on any atom is -0.384 e. The van der Waals surface area contributed by atoms with E-state index in [4.69, 9.17) is 11.6 Å². The van der Waals surface area contributed by atoms with Gasteiger partial charge in [0.15, 0.2) is 0 Å². The molecule has 0 saturated heterocycles. The summed E-state index contributed by atoms with van der Waals surface area (Å²) in [5, 5.41) is 12.2. The van der Waals surface area contributed by atoms with Crippen LogP contribution in [0.5, 0.6) is 0 Å². The number of nitrogens with zero attached hydrogens (tertiary/aromatic N) is 1. The molecule has 3 aromatic rings. The predicted molar refractivity (Wildman–Crippen MR) is 85.0 cm³/mol. The average Bonchev–Trinajstić information content (AvgIpc) is 2.48. The average molecular weight is 349 g/mol. The van der Waals surface area contributed by atoms with Crippen molar-refractivity contribution < 1.29 is 5.11 Å². The molecule has 1 atom stereocenters. The largest absolute Gasteiger partial charge is 0.384 e. The van der Waals surface area contributed by atoms with E-state index < -0.39 is 6.10 Å². The third kappa shape index (κ3) is 2.57. The van der Waals surface area contributed by atoms with E-state index in [-0.39, 0.29) is 0 Å². The first-order chi connectivity index (χ1) is 9.65. The van der Waals surface area contributed by atoms with Gasteiger partial charge in [-0.15, -0.1) is 0 Å². The molecule has 0 saturated carbocycles. The van der Waals surface area contributed by atoms with E-state index in [1.165, 1.54) is 0 Å². The van der Waals surface area contributed by atoms with Gasteiger partial charge in [0.1, 0.15) is 6.10 Å². The second kappa shape index (κ2) is 5.52. The summed E-state index contributed by atoms with van der Waals surface area (Å²) >= 11 is 9.45. The molecular weight excluding hydrogens is 338 g/mol. The highest BCUT2D eigenvalue weighted by Crippen LogP contribution is 2.31. The smallest absolute Gasteiger partial charge is 0.105 e. The quantitative estimate of drug-likeness (QED) is 0.726. The lowest BCUT2D eigenvalue weighted by Crippen LogP contribution is -2.01. The highest BCUT2D eigenvalue weighted by molar-refractivity contribution is 9.10. The molecule has 1 N–H and O–H groups in total. The molecule has 0 aliphatic rings. The van der Waals surface area contributed by atoms with Crippen LogP contribution in [0.25, 0.3) is 10.9 Å². The summed E-state index contributed by atoms with van der Waals surface area (Å²) in [7, 11) is 0. The first-order valence-electron chi connectivity index (χ1n) is 6.13. The van der Waals surface area contributed by atoms with Crippen LogP contribution in [0.2, 0.25) is 5.02 Å². The maximum absolute atomic E-state index is 10.5. The zero-order chi connectivity index (χ0) is 14.1. The fourth-order valence-corrected chi connectivity index (χ4v) is 2.81. The lowest BCUT2D eigenvalue weighted by Gasteiger charge is -2.14. The minimum atomic E-state index is -0.729. The molecule has 0 fully saturated rings. The SMILES string of the molecule is OC(c1ccc2ncccc2c1)c1cc(Cl)ccc1Br. The van der Waals surface area contributed by atoms with Gasteiger partial charge >= 0.3 is 0 Å². The number of aliphatic hydroxyl groups excluding tert-OH is 1. The molecule has 0 amide bonds. The topological polar surface area (TPSA) is 33.1 Å². The van der Waals surface area contributed by atoms with Gasteiger partial charge in [-0.05, 0) is 42.0 Å². The van der Waals surface area contributed by atoms with E-state index in [2.05, 4.69) is 20.9 Å². The van der Waals surface area contributed by atoms with Crippen LogP contribution in [-0.2, 0) is 0 Å². The van der Waals surface area contributed by atoms with Gasteiger partial charge in [-0.3, -0.25) is 4.98 Å². The fourth-order valence-electron chi connectivity index (χ4n) is 2.17. The lowest BCUT2D eigenvalue weighted by molar-refractivity contribution is 0.219. The van der Waals surface area contributed by atoms with Crippen LogP contribution in [0.3, 0.4) is 0 Å². The fraction of sp³-hybridized carbons (Fsp3) is 0.0625. The number of aliphatic hydroxyl groups is 1. The maximum atomic E-state index is 10.5. The van der Waals surface area contributed by atoms with Crippen molar-refractivity contribution >= 4 is 38.4 Å². The van der Waals surface area contributed by atoms with E-state index in [0.717, 1.165) is 26.5 Å². The van der Waals surface area contributed by atoms with Crippen molar-refractivity contribution in [2.45, 2.75) is 6.10 Å². The van der Waals surface area contributed by atoms with Crippen molar-refractivity contribution in [2.75, 3.05) is 0 Å². The Morgan fingerprint density at radius 3 is 2.80 bits per heavy atom. The summed E-state index contributed by atoms with van der Waals surface area (Å²) in [5.74, 6) is 0. The summed E-state index contributed by atoms with van der Waals surface area (Å²) in [6.45, 7) is 0. The summed E-state index contributed by atoms with van der Waals surface area (Å²) in [5.41, 5.74) is 2.47. The highest BCUT2D eigenvalue weighted by Gasteiger charge is 2.14. The molecule has 100 valence electrons. The number of rotatable bonds is 2. The van der Waals surface area contributed by atoms with Crippen LogP contribution in [0, 0.1) is 0 Å². The Kier molecular flexibility index (Phi) is 3.74. The van der Waals surface area contributed by atoms with Gasteiger partial charge in [0.2, 0.25) is 0 Å². The summed E-state index contributed by atoms with van der Waals surface area (Å²) in [6.07, 6.45) is 1.03. The molecular formula is C16H11BrClNO. The van der Waals surface area contributed by atoms with Gasteiger partial charge in [-0.1, -0.05) is 39.7 Å². The van der Waals surface area contributed by atoms with Gasteiger partial charge in [0.05, 0.1) is 5.52 Å². The molecule has 0 bridgehead atoms. The van der Waals surface area contributed by atoms with E-state index in [9.17, 15) is 5.11 Å². The van der Waals surface area contributed by atoms with Gasteiger partial charge < -0.3 is 5.11 Å². The van der Waals surface area contributed by atoms with Crippen molar-refractivity contribution in [1.82, 2.24) is 4.98 Å². The van der Waals surface area contributed by atoms with Crippen LogP contribution in [0.15, 0.2) is 59.2 Å². The second-order valence-electron chi connectivity index (χ2n) is 4.52. The Bertz CT molecular complexity index is 775. The minimum absolute atomic E-state index is 0.602. The number of hydrogen-bond acceptors (Lipinski definition) is 2. The third-order valence-corrected chi connectivity index (χ3v) is 4.15. The molecule has 1 heterocycles. The Morgan fingerprint density at radius 1 is 1.10 bits per heavy atom. The zero-order valence-corrected chi connectivity index (χ0v) is 12.8. The van der Waals surface area contributed by atoms with Crippen LogP contribution in [0.1, 0.15) is 17.2 Å². The number of benzene rings is 2. The van der Waals surface area contributed by atoms with E-state index in [0.29, 0.717) is 5.02 Å². The van der Waals surface area contributed by atoms with Gasteiger partial charge in [-0.25, -0.2) is 0 Å². The zero-order valence-electron chi connectivity index (χ0n) is 10.4. The van der Waals surface area contributed by atoms with Crippen molar-refractivity contribution in [3.8, 4) is 0 Å². The number of pyridine rings is 1. The monoisotopic (exact) mass is 347 g/mol. The second-order valence-corrected chi connectivity index (χ2v) is 5.81.